The molecule has 0 saturated carbocycles. The Labute approximate surface area is 93.8 Å². The van der Waals surface area contributed by atoms with Gasteiger partial charge in [0.1, 0.15) is 6.17 Å². The van der Waals surface area contributed by atoms with Gasteiger partial charge in [0.25, 0.3) is 0 Å². The summed E-state index contributed by atoms with van der Waals surface area (Å²) >= 11 is 0. The highest BCUT2D eigenvalue weighted by atomic mass is 19.1. The highest BCUT2D eigenvalue weighted by molar-refractivity contribution is 5.51. The molecule has 88 valence electrons. The number of fused-ring (bicyclic) bond motifs is 1. The first-order valence-electron chi connectivity index (χ1n) is 5.39. The first kappa shape index (κ1) is 11.2. The molecule has 1 aliphatic heterocycles. The molecule has 1 N–H and O–H groups in total. The summed E-state index contributed by atoms with van der Waals surface area (Å²) in [5, 5.41) is 8.81. The molecule has 1 aromatic rings. The van der Waals surface area contributed by atoms with E-state index in [0.29, 0.717) is 29.9 Å². The van der Waals surface area contributed by atoms with E-state index in [9.17, 15) is 4.39 Å². The Morgan fingerprint density at radius 3 is 2.94 bits per heavy atom. The molecule has 0 amide bonds. The van der Waals surface area contributed by atoms with Crippen LogP contribution in [-0.2, 0) is 6.42 Å². The van der Waals surface area contributed by atoms with E-state index in [1.54, 1.807) is 12.1 Å². The maximum atomic E-state index is 13.3. The molecule has 16 heavy (non-hydrogen) atoms. The van der Waals surface area contributed by atoms with E-state index in [1.807, 2.05) is 0 Å². The fourth-order valence-electron chi connectivity index (χ4n) is 1.79. The highest BCUT2D eigenvalue weighted by Gasteiger charge is 2.20. The largest absolute Gasteiger partial charge is 0.454 e. The van der Waals surface area contributed by atoms with E-state index in [-0.39, 0.29) is 13.4 Å². The molecular formula is C12H15FO3. The first-order valence-corrected chi connectivity index (χ1v) is 5.39. The Morgan fingerprint density at radius 1 is 1.44 bits per heavy atom. The van der Waals surface area contributed by atoms with Crippen molar-refractivity contribution in [1.29, 1.82) is 0 Å². The number of alkyl halides is 1. The molecule has 0 fully saturated rings. The van der Waals surface area contributed by atoms with Gasteiger partial charge in [-0.15, -0.1) is 0 Å². The van der Waals surface area contributed by atoms with E-state index in [0.717, 1.165) is 5.56 Å². The van der Waals surface area contributed by atoms with E-state index < -0.39 is 6.17 Å². The van der Waals surface area contributed by atoms with E-state index in [4.69, 9.17) is 14.6 Å². The quantitative estimate of drug-likeness (QED) is 0.856. The number of ether oxygens (including phenoxy) is 2. The fourth-order valence-corrected chi connectivity index (χ4v) is 1.79. The lowest BCUT2D eigenvalue weighted by atomic mass is 10.0. The summed E-state index contributed by atoms with van der Waals surface area (Å²) in [6.07, 6.45) is 0.283. The summed E-state index contributed by atoms with van der Waals surface area (Å²) in [7, 11) is 0. The van der Waals surface area contributed by atoms with Gasteiger partial charge in [0.2, 0.25) is 6.79 Å². The Hall–Kier alpha value is -1.29. The van der Waals surface area contributed by atoms with Crippen LogP contribution in [0, 0.1) is 0 Å². The zero-order valence-electron chi connectivity index (χ0n) is 9.20. The van der Waals surface area contributed by atoms with Crippen LogP contribution in [0.25, 0.3) is 0 Å². The van der Waals surface area contributed by atoms with Crippen molar-refractivity contribution in [3.63, 3.8) is 0 Å². The number of hydrogen-bond donors (Lipinski definition) is 1. The van der Waals surface area contributed by atoms with Gasteiger partial charge in [0.15, 0.2) is 11.5 Å². The summed E-state index contributed by atoms with van der Waals surface area (Å²) in [5.41, 5.74) is 1.50. The number of aryl methyl sites for hydroxylation is 1. The lowest BCUT2D eigenvalue weighted by Crippen LogP contribution is -1.96. The Morgan fingerprint density at radius 2 is 2.25 bits per heavy atom. The third-order valence-corrected chi connectivity index (χ3v) is 2.64. The van der Waals surface area contributed by atoms with Crippen LogP contribution in [0.1, 0.15) is 30.6 Å². The monoisotopic (exact) mass is 226 g/mol. The van der Waals surface area contributed by atoms with Crippen LogP contribution in [-0.4, -0.2) is 18.5 Å². The number of halogens is 1. The van der Waals surface area contributed by atoms with Gasteiger partial charge in [-0.3, -0.25) is 0 Å². The van der Waals surface area contributed by atoms with Gasteiger partial charge in [0.05, 0.1) is 0 Å². The van der Waals surface area contributed by atoms with Gasteiger partial charge in [-0.2, -0.15) is 0 Å². The molecule has 1 aromatic carbocycles. The number of aliphatic hydroxyl groups excluding tert-OH is 1. The number of aliphatic hydroxyl groups is 1. The summed E-state index contributed by atoms with van der Waals surface area (Å²) in [4.78, 5) is 0. The van der Waals surface area contributed by atoms with Gasteiger partial charge < -0.3 is 14.6 Å². The van der Waals surface area contributed by atoms with E-state index >= 15 is 0 Å². The standard InChI is InChI=1S/C12H15FO3/c1-8(13)10-5-9(3-2-4-14)12-11(6-10)15-7-16-12/h5-6,8,14H,2-4,7H2,1H3. The molecule has 1 aliphatic rings. The van der Waals surface area contributed by atoms with Crippen molar-refractivity contribution >= 4 is 0 Å². The lowest BCUT2D eigenvalue weighted by molar-refractivity contribution is 0.173. The topological polar surface area (TPSA) is 38.7 Å². The van der Waals surface area contributed by atoms with E-state index in [2.05, 4.69) is 0 Å². The van der Waals surface area contributed by atoms with Crippen LogP contribution < -0.4 is 9.47 Å². The predicted molar refractivity (Wildman–Crippen MR) is 57.5 cm³/mol. The highest BCUT2D eigenvalue weighted by Crippen LogP contribution is 2.39. The molecule has 1 unspecified atom stereocenters. The second-order valence-electron chi connectivity index (χ2n) is 3.86. The fraction of sp³-hybridized carbons (Fsp3) is 0.500. The second-order valence-corrected chi connectivity index (χ2v) is 3.86. The lowest BCUT2D eigenvalue weighted by Gasteiger charge is -2.09. The molecule has 3 nitrogen and oxygen atoms in total. The molecule has 1 atom stereocenters. The molecule has 0 spiro atoms. The molecule has 4 heteroatoms. The molecular weight excluding hydrogens is 211 g/mol. The average molecular weight is 226 g/mol. The van der Waals surface area contributed by atoms with Gasteiger partial charge in [0, 0.05) is 6.61 Å². The van der Waals surface area contributed by atoms with Crippen molar-refractivity contribution in [2.45, 2.75) is 25.9 Å². The minimum Gasteiger partial charge on any atom is -0.454 e. The van der Waals surface area contributed by atoms with Crippen molar-refractivity contribution in [2.75, 3.05) is 13.4 Å². The predicted octanol–water partition coefficient (Wildman–Crippen LogP) is 2.37. The van der Waals surface area contributed by atoms with Crippen molar-refractivity contribution in [2.24, 2.45) is 0 Å². The zero-order chi connectivity index (χ0) is 11.5. The zero-order valence-corrected chi connectivity index (χ0v) is 9.20. The Balaban J connectivity index is 2.33. The van der Waals surface area contributed by atoms with Crippen molar-refractivity contribution in [3.05, 3.63) is 23.3 Å². The van der Waals surface area contributed by atoms with Crippen molar-refractivity contribution in [3.8, 4) is 11.5 Å². The van der Waals surface area contributed by atoms with Gasteiger partial charge in [-0.05, 0) is 43.0 Å². The molecule has 0 radical (unpaired) electrons. The minimum atomic E-state index is -1.03. The maximum Gasteiger partial charge on any atom is 0.231 e. The van der Waals surface area contributed by atoms with Crippen LogP contribution >= 0.6 is 0 Å². The maximum absolute atomic E-state index is 13.3. The van der Waals surface area contributed by atoms with E-state index in [1.165, 1.54) is 6.92 Å². The third-order valence-electron chi connectivity index (χ3n) is 2.64. The van der Waals surface area contributed by atoms with Crippen molar-refractivity contribution < 1.29 is 19.0 Å². The molecule has 0 aromatic heterocycles. The van der Waals surface area contributed by atoms with Gasteiger partial charge in [-0.25, -0.2) is 4.39 Å². The van der Waals surface area contributed by atoms with Crippen LogP contribution in [0.5, 0.6) is 11.5 Å². The van der Waals surface area contributed by atoms with Crippen molar-refractivity contribution in [1.82, 2.24) is 0 Å². The summed E-state index contributed by atoms with van der Waals surface area (Å²) in [6, 6.07) is 3.46. The molecule has 0 aliphatic carbocycles. The Kier molecular flexibility index (Phi) is 3.29. The van der Waals surface area contributed by atoms with Crippen LogP contribution in [0.2, 0.25) is 0 Å². The molecule has 2 rings (SSSR count). The second kappa shape index (κ2) is 4.70. The number of benzene rings is 1. The minimum absolute atomic E-state index is 0.116. The number of hydrogen-bond acceptors (Lipinski definition) is 3. The normalized spacial score (nSPS) is 15.2. The smallest absolute Gasteiger partial charge is 0.231 e. The summed E-state index contributed by atoms with van der Waals surface area (Å²) < 4.78 is 23.9. The molecule has 1 heterocycles. The van der Waals surface area contributed by atoms with Crippen LogP contribution in [0.3, 0.4) is 0 Å². The average Bonchev–Trinajstić information content (AvgIpc) is 2.73. The molecule has 0 saturated heterocycles. The Bertz CT molecular complexity index is 377. The molecule has 0 bridgehead atoms. The summed E-state index contributed by atoms with van der Waals surface area (Å²) in [6.45, 7) is 1.80. The number of rotatable bonds is 4. The van der Waals surface area contributed by atoms with Crippen LogP contribution in [0.4, 0.5) is 4.39 Å². The third kappa shape index (κ3) is 2.11. The van der Waals surface area contributed by atoms with Gasteiger partial charge >= 0.3 is 0 Å². The first-order chi connectivity index (χ1) is 7.72. The SMILES string of the molecule is CC(F)c1cc(CCCO)c2c(c1)OCO2. The summed E-state index contributed by atoms with van der Waals surface area (Å²) in [5.74, 6) is 1.30. The van der Waals surface area contributed by atoms with Gasteiger partial charge in [-0.1, -0.05) is 0 Å². The van der Waals surface area contributed by atoms with Crippen LogP contribution in [0.15, 0.2) is 12.1 Å².